The summed E-state index contributed by atoms with van der Waals surface area (Å²) in [7, 11) is 1.51. The highest BCUT2D eigenvalue weighted by Crippen LogP contribution is 2.15. The number of ketones is 1. The van der Waals surface area contributed by atoms with Gasteiger partial charge in [0.25, 0.3) is 0 Å². The fourth-order valence-electron chi connectivity index (χ4n) is 2.29. The number of benzene rings is 2. The van der Waals surface area contributed by atoms with Crippen molar-refractivity contribution in [3.8, 4) is 17.2 Å². The van der Waals surface area contributed by atoms with Crippen LogP contribution in [0.1, 0.15) is 10.4 Å². The zero-order valence-corrected chi connectivity index (χ0v) is 14.8. The third-order valence-corrected chi connectivity index (χ3v) is 3.75. The van der Waals surface area contributed by atoms with Crippen LogP contribution in [0.15, 0.2) is 57.7 Å². The number of methoxy groups -OCH3 is 1. The van der Waals surface area contributed by atoms with E-state index in [1.807, 2.05) is 0 Å². The van der Waals surface area contributed by atoms with Gasteiger partial charge in [0.05, 0.1) is 7.11 Å². The Morgan fingerprint density at radius 3 is 2.43 bits per heavy atom. The van der Waals surface area contributed by atoms with E-state index in [4.69, 9.17) is 13.9 Å². The summed E-state index contributed by atoms with van der Waals surface area (Å²) in [5.74, 6) is -2.03. The van der Waals surface area contributed by atoms with Crippen LogP contribution in [-0.2, 0) is 16.1 Å². The van der Waals surface area contributed by atoms with E-state index in [1.54, 1.807) is 24.3 Å². The third-order valence-electron chi connectivity index (χ3n) is 3.75. The lowest BCUT2D eigenvalue weighted by Crippen LogP contribution is -2.24. The molecule has 0 saturated carbocycles. The van der Waals surface area contributed by atoms with Crippen molar-refractivity contribution in [1.29, 1.82) is 0 Å². The Balaban J connectivity index is 1.59. The average Bonchev–Trinajstić information content (AvgIpc) is 3.07. The topological polar surface area (TPSA) is 101 Å². The number of rotatable bonds is 7. The van der Waals surface area contributed by atoms with Crippen LogP contribution in [0.4, 0.5) is 4.39 Å². The summed E-state index contributed by atoms with van der Waals surface area (Å²) in [5.41, 5.74) is 0.728. The number of carbonyl (C=O) groups is 2. The highest BCUT2D eigenvalue weighted by Gasteiger charge is 2.16. The van der Waals surface area contributed by atoms with Crippen LogP contribution in [0.2, 0.25) is 0 Å². The van der Waals surface area contributed by atoms with E-state index in [0.717, 1.165) is 4.68 Å². The van der Waals surface area contributed by atoms with E-state index in [1.165, 1.54) is 31.4 Å². The maximum absolute atomic E-state index is 13.0. The largest absolute Gasteiger partial charge is 0.497 e. The molecule has 0 unspecified atom stereocenters. The molecule has 28 heavy (non-hydrogen) atoms. The monoisotopic (exact) mass is 386 g/mol. The molecule has 8 nitrogen and oxygen atoms in total. The quantitative estimate of drug-likeness (QED) is 0.453. The van der Waals surface area contributed by atoms with E-state index >= 15 is 0 Å². The first-order valence-electron chi connectivity index (χ1n) is 8.13. The van der Waals surface area contributed by atoms with Gasteiger partial charge in [-0.15, -0.1) is 5.10 Å². The maximum atomic E-state index is 13.0. The molecule has 0 aliphatic heterocycles. The van der Waals surface area contributed by atoms with E-state index in [2.05, 4.69) is 5.10 Å². The Kier molecular flexibility index (Phi) is 5.64. The second-order valence-electron chi connectivity index (χ2n) is 5.65. The van der Waals surface area contributed by atoms with Crippen molar-refractivity contribution in [2.75, 3.05) is 13.7 Å². The molecule has 0 amide bonds. The number of hydrogen-bond acceptors (Lipinski definition) is 7. The zero-order chi connectivity index (χ0) is 20.1. The van der Waals surface area contributed by atoms with Crippen LogP contribution in [-0.4, -0.2) is 35.2 Å². The van der Waals surface area contributed by atoms with Gasteiger partial charge in [0.15, 0.2) is 12.4 Å². The molecular formula is C19H15FN2O6. The minimum atomic E-state index is -0.877. The number of ether oxygens (including phenoxy) is 2. The lowest BCUT2D eigenvalue weighted by molar-refractivity contribution is -0.143. The molecule has 0 saturated heterocycles. The van der Waals surface area contributed by atoms with Crippen molar-refractivity contribution < 1.29 is 27.9 Å². The molecule has 1 aromatic heterocycles. The van der Waals surface area contributed by atoms with E-state index in [9.17, 15) is 18.8 Å². The number of hydrogen-bond donors (Lipinski definition) is 0. The van der Waals surface area contributed by atoms with Gasteiger partial charge in [0.2, 0.25) is 5.89 Å². The van der Waals surface area contributed by atoms with Crippen molar-refractivity contribution in [2.45, 2.75) is 6.54 Å². The number of aromatic nitrogens is 2. The summed E-state index contributed by atoms with van der Waals surface area (Å²) in [4.78, 5) is 35.7. The molecule has 2 aromatic carbocycles. The fourth-order valence-corrected chi connectivity index (χ4v) is 2.29. The van der Waals surface area contributed by atoms with Crippen LogP contribution < -0.4 is 10.5 Å². The van der Waals surface area contributed by atoms with Gasteiger partial charge in [-0.05, 0) is 48.5 Å². The lowest BCUT2D eigenvalue weighted by Gasteiger charge is -2.05. The van der Waals surface area contributed by atoms with Crippen LogP contribution >= 0.6 is 0 Å². The summed E-state index contributed by atoms with van der Waals surface area (Å²) in [5, 5.41) is 3.87. The molecule has 3 aromatic rings. The normalized spacial score (nSPS) is 10.5. The molecule has 0 spiro atoms. The van der Waals surface area contributed by atoms with Crippen molar-refractivity contribution in [3.05, 3.63) is 70.5 Å². The summed E-state index contributed by atoms with van der Waals surface area (Å²) in [6.07, 6.45) is 0. The van der Waals surface area contributed by atoms with Crippen molar-refractivity contribution >= 4 is 11.8 Å². The summed E-state index contributed by atoms with van der Waals surface area (Å²) < 4.78 is 28.6. The first-order valence-corrected chi connectivity index (χ1v) is 8.13. The van der Waals surface area contributed by atoms with Crippen LogP contribution in [0, 0.1) is 5.82 Å². The SMILES string of the molecule is COc1ccc(C(=O)COC(=O)Cn2nc(-c3ccc(F)cc3)oc2=O)cc1. The summed E-state index contributed by atoms with van der Waals surface area (Å²) in [6, 6.07) is 11.5. The van der Waals surface area contributed by atoms with Gasteiger partial charge < -0.3 is 13.9 Å². The molecule has 144 valence electrons. The predicted octanol–water partition coefficient (Wildman–Crippen LogP) is 2.08. The number of esters is 1. The van der Waals surface area contributed by atoms with Crippen LogP contribution in [0.25, 0.3) is 11.5 Å². The van der Waals surface area contributed by atoms with Gasteiger partial charge in [0, 0.05) is 11.1 Å². The molecule has 0 bridgehead atoms. The number of nitrogens with zero attached hydrogens (tertiary/aromatic N) is 2. The highest BCUT2D eigenvalue weighted by atomic mass is 19.1. The maximum Gasteiger partial charge on any atom is 0.437 e. The van der Waals surface area contributed by atoms with Gasteiger partial charge in [-0.3, -0.25) is 9.59 Å². The van der Waals surface area contributed by atoms with E-state index in [0.29, 0.717) is 16.9 Å². The minimum absolute atomic E-state index is 0.0629. The molecule has 3 rings (SSSR count). The smallest absolute Gasteiger partial charge is 0.437 e. The summed E-state index contributed by atoms with van der Waals surface area (Å²) >= 11 is 0. The second-order valence-corrected chi connectivity index (χ2v) is 5.65. The van der Waals surface area contributed by atoms with Gasteiger partial charge in [-0.2, -0.15) is 4.68 Å². The Bertz CT molecular complexity index is 1040. The standard InChI is InChI=1S/C19H15FN2O6/c1-26-15-8-4-12(5-9-15)16(23)11-27-17(24)10-22-19(25)28-18(21-22)13-2-6-14(20)7-3-13/h2-9H,10-11H2,1H3. The lowest BCUT2D eigenvalue weighted by atomic mass is 10.1. The molecule has 0 radical (unpaired) electrons. The number of halogens is 1. The summed E-state index contributed by atoms with van der Waals surface area (Å²) in [6.45, 7) is -1.01. The first-order chi connectivity index (χ1) is 13.5. The second kappa shape index (κ2) is 8.30. The van der Waals surface area contributed by atoms with Crippen molar-refractivity contribution in [1.82, 2.24) is 9.78 Å². The third kappa shape index (κ3) is 4.50. The number of carbonyl (C=O) groups excluding carboxylic acids is 2. The van der Waals surface area contributed by atoms with E-state index in [-0.39, 0.29) is 5.89 Å². The molecule has 0 aliphatic carbocycles. The van der Waals surface area contributed by atoms with Crippen molar-refractivity contribution in [3.63, 3.8) is 0 Å². The van der Waals surface area contributed by atoms with Crippen LogP contribution in [0.5, 0.6) is 5.75 Å². The molecule has 0 aliphatic rings. The molecular weight excluding hydrogens is 371 g/mol. The van der Waals surface area contributed by atoms with Gasteiger partial charge in [0.1, 0.15) is 18.1 Å². The Morgan fingerprint density at radius 2 is 1.79 bits per heavy atom. The Hall–Kier alpha value is -3.75. The molecule has 0 fully saturated rings. The van der Waals surface area contributed by atoms with E-state index < -0.39 is 36.5 Å². The zero-order valence-electron chi connectivity index (χ0n) is 14.8. The average molecular weight is 386 g/mol. The molecule has 1 heterocycles. The fraction of sp³-hybridized carbons (Fsp3) is 0.158. The molecule has 0 N–H and O–H groups in total. The van der Waals surface area contributed by atoms with Gasteiger partial charge in [-0.25, -0.2) is 9.18 Å². The van der Waals surface area contributed by atoms with Crippen LogP contribution in [0.3, 0.4) is 0 Å². The molecule has 0 atom stereocenters. The highest BCUT2D eigenvalue weighted by molar-refractivity contribution is 5.98. The van der Waals surface area contributed by atoms with Gasteiger partial charge >= 0.3 is 11.7 Å². The first kappa shape index (κ1) is 19.0. The Morgan fingerprint density at radius 1 is 1.11 bits per heavy atom. The van der Waals surface area contributed by atoms with Gasteiger partial charge in [-0.1, -0.05) is 0 Å². The molecule has 9 heteroatoms. The predicted molar refractivity (Wildman–Crippen MR) is 94.4 cm³/mol. The van der Waals surface area contributed by atoms with Crippen molar-refractivity contribution in [2.24, 2.45) is 0 Å². The Labute approximate surface area is 158 Å². The number of Topliss-reactive ketones (excluding diaryl/α,β-unsaturated/α-hetero) is 1. The minimum Gasteiger partial charge on any atom is -0.497 e.